The number of carbonyl (C=O) groups is 1. The molecule has 1 aliphatic carbocycles. The minimum Gasteiger partial charge on any atom is -0.494 e. The third-order valence-corrected chi connectivity index (χ3v) is 7.97. The fourth-order valence-electron chi connectivity index (χ4n) is 4.34. The van der Waals surface area contributed by atoms with Gasteiger partial charge >= 0.3 is 6.18 Å². The molecule has 4 aromatic rings. The minimum atomic E-state index is -4.29. The van der Waals surface area contributed by atoms with Gasteiger partial charge in [0.25, 0.3) is 0 Å². The van der Waals surface area contributed by atoms with Crippen LogP contribution in [-0.2, 0) is 17.6 Å². The van der Waals surface area contributed by atoms with E-state index in [2.05, 4.69) is 24.9 Å². The van der Waals surface area contributed by atoms with Gasteiger partial charge in [0.1, 0.15) is 28.2 Å². The van der Waals surface area contributed by atoms with Gasteiger partial charge in [-0.2, -0.15) is 13.2 Å². The number of thiophene rings is 1. The predicted octanol–water partition coefficient (Wildman–Crippen LogP) is 4.96. The zero-order valence-corrected chi connectivity index (χ0v) is 20.5. The summed E-state index contributed by atoms with van der Waals surface area (Å²) in [5, 5.41) is 8.35. The summed E-state index contributed by atoms with van der Waals surface area (Å²) in [6, 6.07) is 3.73. The lowest BCUT2D eigenvalue weighted by atomic mass is 9.87. The normalized spacial score (nSPS) is 15.9. The molecule has 0 bridgehead atoms. The summed E-state index contributed by atoms with van der Waals surface area (Å²) in [4.78, 5) is 24.7. The number of rotatable bonds is 6. The van der Waals surface area contributed by atoms with E-state index in [1.165, 1.54) is 41.1 Å². The molecule has 3 aromatic heterocycles. The second-order valence-corrected chi connectivity index (χ2v) is 10.3. The molecule has 0 radical (unpaired) electrons. The van der Waals surface area contributed by atoms with Crippen molar-refractivity contribution in [3.63, 3.8) is 0 Å². The highest BCUT2D eigenvalue weighted by atomic mass is 32.1. The first-order valence-electron chi connectivity index (χ1n) is 10.9. The van der Waals surface area contributed by atoms with Crippen molar-refractivity contribution < 1.29 is 22.7 Å². The lowest BCUT2D eigenvalue weighted by molar-refractivity contribution is -0.146. The zero-order chi connectivity index (χ0) is 24.7. The van der Waals surface area contributed by atoms with Crippen LogP contribution in [0.2, 0.25) is 0 Å². The standard InChI is InChI=1S/C22H21F3N6O2S2/c1-31(6-5-22(23,24)25)21(32)11-3-4-12-16(7-11)34-20-18(12)19(26-10-27-20)28-13-9-17-14(29-30-35-17)8-15(13)33-2/h8-11H,3-7H2,1-2H3,(H,26,27,28). The Morgan fingerprint density at radius 3 is 2.91 bits per heavy atom. The van der Waals surface area contributed by atoms with Crippen molar-refractivity contribution in [2.24, 2.45) is 5.92 Å². The second-order valence-electron chi connectivity index (χ2n) is 8.39. The van der Waals surface area contributed by atoms with E-state index in [-0.39, 0.29) is 18.4 Å². The number of benzene rings is 1. The van der Waals surface area contributed by atoms with E-state index < -0.39 is 12.6 Å². The number of methoxy groups -OCH3 is 1. The summed E-state index contributed by atoms with van der Waals surface area (Å²) >= 11 is 2.78. The number of amides is 1. The van der Waals surface area contributed by atoms with Gasteiger partial charge in [-0.25, -0.2) is 9.97 Å². The van der Waals surface area contributed by atoms with Crippen molar-refractivity contribution in [2.45, 2.75) is 31.9 Å². The molecule has 0 aliphatic heterocycles. The SMILES string of the molecule is COc1cc2nnsc2cc1Nc1ncnc2sc3c(c12)CCC(C(=O)N(C)CCC(F)(F)F)C3. The van der Waals surface area contributed by atoms with E-state index >= 15 is 0 Å². The summed E-state index contributed by atoms with van der Waals surface area (Å²) in [6.07, 6.45) is -2.15. The lowest BCUT2D eigenvalue weighted by Gasteiger charge is -2.27. The lowest BCUT2D eigenvalue weighted by Crippen LogP contribution is -2.37. The number of anilines is 2. The molecule has 8 nitrogen and oxygen atoms in total. The first-order valence-corrected chi connectivity index (χ1v) is 12.5. The van der Waals surface area contributed by atoms with E-state index in [1.54, 1.807) is 7.11 Å². The third-order valence-electron chi connectivity index (χ3n) is 6.12. The molecule has 3 heterocycles. The number of halogens is 3. The summed E-state index contributed by atoms with van der Waals surface area (Å²) in [7, 11) is 3.02. The predicted molar refractivity (Wildman–Crippen MR) is 128 cm³/mol. The number of hydrogen-bond acceptors (Lipinski definition) is 9. The highest BCUT2D eigenvalue weighted by Gasteiger charge is 2.33. The highest BCUT2D eigenvalue weighted by molar-refractivity contribution is 7.19. The van der Waals surface area contributed by atoms with Crippen molar-refractivity contribution in [1.29, 1.82) is 0 Å². The van der Waals surface area contributed by atoms with Crippen molar-refractivity contribution in [1.82, 2.24) is 24.5 Å². The number of nitrogens with one attached hydrogen (secondary N) is 1. The largest absolute Gasteiger partial charge is 0.494 e. The number of ether oxygens (including phenoxy) is 1. The van der Waals surface area contributed by atoms with Crippen LogP contribution >= 0.6 is 22.9 Å². The van der Waals surface area contributed by atoms with Crippen LogP contribution in [-0.4, -0.2) is 57.2 Å². The topological polar surface area (TPSA) is 93.1 Å². The molecule has 1 aliphatic rings. The van der Waals surface area contributed by atoms with Gasteiger partial charge in [-0.3, -0.25) is 4.79 Å². The summed E-state index contributed by atoms with van der Waals surface area (Å²) < 4.78 is 48.1. The summed E-state index contributed by atoms with van der Waals surface area (Å²) in [5.74, 6) is 0.640. The number of aryl methyl sites for hydroxylation is 1. The van der Waals surface area contributed by atoms with Crippen LogP contribution < -0.4 is 10.1 Å². The van der Waals surface area contributed by atoms with Gasteiger partial charge in [-0.05, 0) is 42.4 Å². The Labute approximate surface area is 206 Å². The fraction of sp³-hybridized carbons (Fsp3) is 0.409. The minimum absolute atomic E-state index is 0.252. The Morgan fingerprint density at radius 1 is 1.31 bits per heavy atom. The van der Waals surface area contributed by atoms with E-state index in [1.807, 2.05) is 12.1 Å². The van der Waals surface area contributed by atoms with Crippen LogP contribution in [0.5, 0.6) is 5.75 Å². The molecule has 184 valence electrons. The summed E-state index contributed by atoms with van der Waals surface area (Å²) in [6.45, 7) is -0.334. The average molecular weight is 523 g/mol. The molecule has 13 heteroatoms. The molecular weight excluding hydrogens is 501 g/mol. The van der Waals surface area contributed by atoms with Crippen molar-refractivity contribution in [3.8, 4) is 5.75 Å². The maximum absolute atomic E-state index is 12.8. The Kier molecular flexibility index (Phi) is 6.21. The van der Waals surface area contributed by atoms with Crippen molar-refractivity contribution in [2.75, 3.05) is 26.0 Å². The van der Waals surface area contributed by atoms with Crippen LogP contribution in [0.3, 0.4) is 0 Å². The molecule has 5 rings (SSSR count). The van der Waals surface area contributed by atoms with Gasteiger partial charge in [0.2, 0.25) is 5.91 Å². The number of nitrogens with zero attached hydrogens (tertiary/aromatic N) is 5. The van der Waals surface area contributed by atoms with Crippen LogP contribution in [0.4, 0.5) is 24.7 Å². The molecule has 0 saturated carbocycles. The Balaban J connectivity index is 1.41. The van der Waals surface area contributed by atoms with E-state index in [9.17, 15) is 18.0 Å². The molecule has 1 aromatic carbocycles. The highest BCUT2D eigenvalue weighted by Crippen LogP contribution is 2.42. The number of aromatic nitrogens is 4. The van der Waals surface area contributed by atoms with Crippen molar-refractivity contribution in [3.05, 3.63) is 28.9 Å². The molecule has 35 heavy (non-hydrogen) atoms. The molecule has 1 atom stereocenters. The van der Waals surface area contributed by atoms with Crippen LogP contribution in [0.15, 0.2) is 18.5 Å². The van der Waals surface area contributed by atoms with Gasteiger partial charge in [-0.15, -0.1) is 16.4 Å². The van der Waals surface area contributed by atoms with Gasteiger partial charge in [0, 0.05) is 30.5 Å². The maximum Gasteiger partial charge on any atom is 0.390 e. The number of fused-ring (bicyclic) bond motifs is 4. The number of carbonyl (C=O) groups excluding carboxylic acids is 1. The fourth-order valence-corrected chi connectivity index (χ4v) is 6.18. The molecule has 1 N–H and O–H groups in total. The van der Waals surface area contributed by atoms with Gasteiger partial charge in [0.05, 0.1) is 29.3 Å². The third kappa shape index (κ3) is 4.74. The number of hydrogen-bond donors (Lipinski definition) is 1. The quantitative estimate of drug-likeness (QED) is 0.382. The van der Waals surface area contributed by atoms with E-state index in [0.717, 1.165) is 36.6 Å². The number of alkyl halides is 3. The smallest absolute Gasteiger partial charge is 0.390 e. The van der Waals surface area contributed by atoms with Crippen LogP contribution in [0.25, 0.3) is 20.4 Å². The average Bonchev–Trinajstić information content (AvgIpc) is 3.44. The Bertz CT molecular complexity index is 1400. The second kappa shape index (κ2) is 9.19. The molecule has 0 fully saturated rings. The first-order chi connectivity index (χ1) is 16.7. The van der Waals surface area contributed by atoms with Gasteiger partial charge in [-0.1, -0.05) is 4.49 Å². The Hall–Kier alpha value is -3.06. The zero-order valence-electron chi connectivity index (χ0n) is 18.8. The monoisotopic (exact) mass is 522 g/mol. The molecule has 1 amide bonds. The summed E-state index contributed by atoms with van der Waals surface area (Å²) in [5.41, 5.74) is 2.55. The molecule has 1 unspecified atom stereocenters. The van der Waals surface area contributed by atoms with Gasteiger partial charge < -0.3 is 15.0 Å². The first kappa shape index (κ1) is 23.7. The van der Waals surface area contributed by atoms with Gasteiger partial charge in [0.15, 0.2) is 0 Å². The van der Waals surface area contributed by atoms with Crippen LogP contribution in [0.1, 0.15) is 23.3 Å². The van der Waals surface area contributed by atoms with Crippen LogP contribution in [0, 0.1) is 5.92 Å². The maximum atomic E-state index is 12.8. The molecular formula is C22H21F3N6O2S2. The van der Waals surface area contributed by atoms with E-state index in [4.69, 9.17) is 4.74 Å². The van der Waals surface area contributed by atoms with Crippen molar-refractivity contribution >= 4 is 60.7 Å². The Morgan fingerprint density at radius 2 is 2.14 bits per heavy atom. The van der Waals surface area contributed by atoms with E-state index in [0.29, 0.717) is 30.8 Å². The molecule has 0 spiro atoms. The molecule has 0 saturated heterocycles.